The van der Waals surface area contributed by atoms with Gasteiger partial charge in [0.1, 0.15) is 0 Å². The molecule has 6 nitrogen and oxygen atoms in total. The first-order chi connectivity index (χ1) is 13.3. The lowest BCUT2D eigenvalue weighted by Crippen LogP contribution is -2.42. The Morgan fingerprint density at radius 3 is 2.03 bits per heavy atom. The van der Waals surface area contributed by atoms with Crippen LogP contribution in [-0.2, 0) is 27.2 Å². The van der Waals surface area contributed by atoms with Gasteiger partial charge in [-0.2, -0.15) is 0 Å². The predicted octanol–water partition coefficient (Wildman–Crippen LogP) is 2.97. The zero-order chi connectivity index (χ0) is 22.4. The number of carboxylic acids is 1. The van der Waals surface area contributed by atoms with Gasteiger partial charge in [0.2, 0.25) is 5.91 Å². The number of carboxylic acid groups (broad SMARTS) is 1. The van der Waals surface area contributed by atoms with Crippen molar-refractivity contribution in [3.05, 3.63) is 35.4 Å². The third-order valence-corrected chi connectivity index (χ3v) is 5.51. The first kappa shape index (κ1) is 24.8. The van der Waals surface area contributed by atoms with E-state index in [4.69, 9.17) is 5.73 Å². The lowest BCUT2D eigenvalue weighted by atomic mass is 9.84. The average molecular weight is 405 g/mol. The summed E-state index contributed by atoms with van der Waals surface area (Å²) in [6.45, 7) is 10.9. The minimum Gasteiger partial charge on any atom is -0.481 e. The van der Waals surface area contributed by atoms with Crippen molar-refractivity contribution in [3.63, 3.8) is 0 Å². The summed E-state index contributed by atoms with van der Waals surface area (Å²) in [5.74, 6) is -0.917. The first-order valence-corrected chi connectivity index (χ1v) is 10.2. The molecule has 0 aliphatic carbocycles. The molecule has 0 saturated heterocycles. The minimum absolute atomic E-state index is 0.0398. The Morgan fingerprint density at radius 2 is 1.55 bits per heavy atom. The maximum absolute atomic E-state index is 12.4. The van der Waals surface area contributed by atoms with Crippen molar-refractivity contribution in [1.29, 1.82) is 0 Å². The van der Waals surface area contributed by atoms with Gasteiger partial charge >= 0.3 is 5.97 Å². The van der Waals surface area contributed by atoms with E-state index >= 15 is 0 Å². The summed E-state index contributed by atoms with van der Waals surface area (Å²) in [6, 6.07) is 6.81. The fourth-order valence-electron chi connectivity index (χ4n) is 2.99. The molecule has 1 rings (SSSR count). The van der Waals surface area contributed by atoms with E-state index in [0.29, 0.717) is 12.8 Å². The Kier molecular flexibility index (Phi) is 9.02. The molecule has 0 aliphatic rings. The van der Waals surface area contributed by atoms with Crippen LogP contribution in [0.2, 0.25) is 0 Å². The first-order valence-electron chi connectivity index (χ1n) is 10.2. The van der Waals surface area contributed by atoms with Crippen molar-refractivity contribution >= 4 is 17.7 Å². The van der Waals surface area contributed by atoms with Crippen LogP contribution < -0.4 is 11.1 Å². The second kappa shape index (κ2) is 10.5. The number of Topliss-reactive ketones (excluding diaryl/α,β-unsaturated/α-hetero) is 1. The Hall–Kier alpha value is -2.21. The molecule has 1 amide bonds. The number of amides is 1. The summed E-state index contributed by atoms with van der Waals surface area (Å²) in [7, 11) is 0. The van der Waals surface area contributed by atoms with Crippen LogP contribution in [0.4, 0.5) is 0 Å². The maximum Gasteiger partial charge on any atom is 0.309 e. The van der Waals surface area contributed by atoms with Crippen molar-refractivity contribution in [2.45, 2.75) is 72.9 Å². The van der Waals surface area contributed by atoms with Crippen LogP contribution in [0.25, 0.3) is 0 Å². The number of nitrogens with two attached hydrogens (primary N) is 1. The highest BCUT2D eigenvalue weighted by Gasteiger charge is 2.29. The lowest BCUT2D eigenvalue weighted by Gasteiger charge is -2.23. The van der Waals surface area contributed by atoms with Gasteiger partial charge in [-0.1, -0.05) is 45.0 Å². The molecule has 1 aromatic carbocycles. The van der Waals surface area contributed by atoms with E-state index in [1.54, 1.807) is 20.8 Å². The predicted molar refractivity (Wildman–Crippen MR) is 114 cm³/mol. The van der Waals surface area contributed by atoms with E-state index in [1.807, 2.05) is 45.0 Å². The molecule has 0 radical (unpaired) electrons. The van der Waals surface area contributed by atoms with Gasteiger partial charge in [-0.25, -0.2) is 0 Å². The molecule has 0 spiro atoms. The zero-order valence-corrected chi connectivity index (χ0v) is 18.5. The van der Waals surface area contributed by atoms with Crippen molar-refractivity contribution in [1.82, 2.24) is 5.32 Å². The standard InChI is InChI=1S/C23H36N2O4/c1-14(2)15(3)21(27)25-16(4)20(26)12-18-9-7-17(8-10-18)11-19(24)13-23(5,6)22(28)29/h7-10,14-16,19H,11-13,24H2,1-6H3,(H,25,27)(H,28,29)/t15-,16-,19-/m0/s1. The molecule has 4 N–H and O–H groups in total. The monoisotopic (exact) mass is 404 g/mol. The van der Waals surface area contributed by atoms with Crippen LogP contribution in [0.3, 0.4) is 0 Å². The van der Waals surface area contributed by atoms with E-state index in [9.17, 15) is 19.5 Å². The van der Waals surface area contributed by atoms with Crippen molar-refractivity contribution in [2.24, 2.45) is 23.0 Å². The Balaban J connectivity index is 2.60. The highest BCUT2D eigenvalue weighted by Crippen LogP contribution is 2.23. The van der Waals surface area contributed by atoms with Crippen molar-refractivity contribution < 1.29 is 19.5 Å². The SMILES string of the molecule is CC(C)[C@H](C)C(=O)N[C@@H](C)C(=O)Cc1ccc(C[C@H](N)CC(C)(C)C(=O)O)cc1. The highest BCUT2D eigenvalue weighted by molar-refractivity contribution is 5.90. The molecule has 0 saturated carbocycles. The smallest absolute Gasteiger partial charge is 0.309 e. The fraction of sp³-hybridized carbons (Fsp3) is 0.609. The minimum atomic E-state index is -0.862. The molecular formula is C23H36N2O4. The number of rotatable bonds is 11. The molecule has 0 fully saturated rings. The summed E-state index contributed by atoms with van der Waals surface area (Å²) in [5, 5.41) is 12.0. The largest absolute Gasteiger partial charge is 0.481 e. The van der Waals surface area contributed by atoms with Crippen LogP contribution in [0.1, 0.15) is 59.1 Å². The fourth-order valence-corrected chi connectivity index (χ4v) is 2.99. The van der Waals surface area contributed by atoms with Gasteiger partial charge in [0.25, 0.3) is 0 Å². The van der Waals surface area contributed by atoms with Gasteiger partial charge in [0.05, 0.1) is 11.5 Å². The third-order valence-electron chi connectivity index (χ3n) is 5.51. The third kappa shape index (κ3) is 7.97. The van der Waals surface area contributed by atoms with E-state index in [2.05, 4.69) is 5.32 Å². The second-order valence-corrected chi connectivity index (χ2v) is 9.08. The molecule has 29 heavy (non-hydrogen) atoms. The van der Waals surface area contributed by atoms with Crippen molar-refractivity contribution in [3.8, 4) is 0 Å². The van der Waals surface area contributed by atoms with E-state index in [-0.39, 0.29) is 36.0 Å². The Morgan fingerprint density at radius 1 is 1.03 bits per heavy atom. The van der Waals surface area contributed by atoms with Gasteiger partial charge in [-0.05, 0) is 50.7 Å². The lowest BCUT2D eigenvalue weighted by molar-refractivity contribution is -0.147. The van der Waals surface area contributed by atoms with E-state index in [0.717, 1.165) is 11.1 Å². The van der Waals surface area contributed by atoms with Gasteiger partial charge in [0.15, 0.2) is 5.78 Å². The number of hydrogen-bond acceptors (Lipinski definition) is 4. The molecule has 6 heteroatoms. The molecule has 0 aliphatic heterocycles. The second-order valence-electron chi connectivity index (χ2n) is 9.08. The van der Waals surface area contributed by atoms with E-state index < -0.39 is 17.4 Å². The number of carbonyl (C=O) groups is 3. The summed E-state index contributed by atoms with van der Waals surface area (Å²) in [6.07, 6.45) is 1.20. The van der Waals surface area contributed by atoms with Crippen LogP contribution in [0, 0.1) is 17.3 Å². The van der Waals surface area contributed by atoms with Crippen LogP contribution in [0.5, 0.6) is 0 Å². The summed E-state index contributed by atoms with van der Waals surface area (Å²) in [4.78, 5) is 35.8. The summed E-state index contributed by atoms with van der Waals surface area (Å²) in [5.41, 5.74) is 7.13. The van der Waals surface area contributed by atoms with E-state index in [1.165, 1.54) is 0 Å². The molecule has 0 unspecified atom stereocenters. The van der Waals surface area contributed by atoms with Gasteiger partial charge in [0, 0.05) is 18.4 Å². The summed E-state index contributed by atoms with van der Waals surface area (Å²) < 4.78 is 0. The number of hydrogen-bond donors (Lipinski definition) is 3. The number of carbonyl (C=O) groups excluding carboxylic acids is 2. The van der Waals surface area contributed by atoms with Gasteiger partial charge in [-0.3, -0.25) is 14.4 Å². The molecule has 0 heterocycles. The normalized spacial score (nSPS) is 14.9. The molecule has 3 atom stereocenters. The van der Waals surface area contributed by atoms with Gasteiger partial charge < -0.3 is 16.2 Å². The molecule has 1 aromatic rings. The molecule has 0 bridgehead atoms. The molecule has 162 valence electrons. The molecular weight excluding hydrogens is 368 g/mol. The average Bonchev–Trinajstić information content (AvgIpc) is 2.61. The maximum atomic E-state index is 12.4. The van der Waals surface area contributed by atoms with Crippen molar-refractivity contribution in [2.75, 3.05) is 0 Å². The highest BCUT2D eigenvalue weighted by atomic mass is 16.4. The number of nitrogens with one attached hydrogen (secondary N) is 1. The topological polar surface area (TPSA) is 109 Å². The number of aliphatic carboxylic acids is 1. The quantitative estimate of drug-likeness (QED) is 0.525. The number of ketones is 1. The summed E-state index contributed by atoms with van der Waals surface area (Å²) >= 11 is 0. The number of benzene rings is 1. The van der Waals surface area contributed by atoms with Gasteiger partial charge in [-0.15, -0.1) is 0 Å². The van der Waals surface area contributed by atoms with Crippen LogP contribution in [-0.4, -0.2) is 34.8 Å². The Labute approximate surface area is 174 Å². The zero-order valence-electron chi connectivity index (χ0n) is 18.5. The Bertz CT molecular complexity index is 710. The molecule has 0 aromatic heterocycles. The van der Waals surface area contributed by atoms with Crippen LogP contribution >= 0.6 is 0 Å². The van der Waals surface area contributed by atoms with Crippen LogP contribution in [0.15, 0.2) is 24.3 Å².